The molecule has 4 heteroatoms. The molecule has 0 aromatic carbocycles. The first-order valence-electron chi connectivity index (χ1n) is 8.89. The average molecular weight is 295 g/mol. The minimum atomic E-state index is 0.155. The lowest BCUT2D eigenvalue weighted by molar-refractivity contribution is -0.128. The number of carbonyl (C=O) groups is 1. The van der Waals surface area contributed by atoms with Gasteiger partial charge in [0.05, 0.1) is 0 Å². The van der Waals surface area contributed by atoms with Crippen molar-refractivity contribution in [1.82, 2.24) is 15.5 Å². The van der Waals surface area contributed by atoms with Gasteiger partial charge in [-0.2, -0.15) is 0 Å². The fourth-order valence-corrected chi connectivity index (χ4v) is 3.62. The number of amides is 1. The van der Waals surface area contributed by atoms with Gasteiger partial charge >= 0.3 is 0 Å². The fourth-order valence-electron chi connectivity index (χ4n) is 3.62. The summed E-state index contributed by atoms with van der Waals surface area (Å²) < 4.78 is 0. The Bertz CT molecular complexity index is 326. The lowest BCUT2D eigenvalue weighted by Crippen LogP contribution is -2.53. The molecule has 1 aliphatic heterocycles. The van der Waals surface area contributed by atoms with Gasteiger partial charge in [0.15, 0.2) is 0 Å². The highest BCUT2D eigenvalue weighted by Gasteiger charge is 2.32. The molecule has 0 spiro atoms. The molecule has 0 bridgehead atoms. The summed E-state index contributed by atoms with van der Waals surface area (Å²) in [7, 11) is 0. The Labute approximate surface area is 130 Å². The molecule has 0 aromatic rings. The van der Waals surface area contributed by atoms with E-state index in [-0.39, 0.29) is 11.8 Å². The molecule has 1 heterocycles. The number of rotatable bonds is 7. The Hall–Kier alpha value is -0.610. The van der Waals surface area contributed by atoms with E-state index in [1.54, 1.807) is 0 Å². The quantitative estimate of drug-likeness (QED) is 0.753. The zero-order valence-electron chi connectivity index (χ0n) is 14.0. The van der Waals surface area contributed by atoms with Gasteiger partial charge in [0.1, 0.15) is 0 Å². The zero-order valence-corrected chi connectivity index (χ0v) is 14.0. The van der Waals surface area contributed by atoms with E-state index in [0.717, 1.165) is 39.1 Å². The maximum atomic E-state index is 12.5. The van der Waals surface area contributed by atoms with Gasteiger partial charge in [-0.3, -0.25) is 4.79 Å². The topological polar surface area (TPSA) is 44.4 Å². The fraction of sp³-hybridized carbons (Fsp3) is 0.941. The summed E-state index contributed by atoms with van der Waals surface area (Å²) in [6, 6.07) is 0.391. The lowest BCUT2D eigenvalue weighted by Gasteiger charge is -2.37. The van der Waals surface area contributed by atoms with Crippen LogP contribution in [0.15, 0.2) is 0 Å². The maximum absolute atomic E-state index is 12.5. The van der Waals surface area contributed by atoms with Crippen molar-refractivity contribution in [2.24, 2.45) is 17.8 Å². The molecule has 4 nitrogen and oxygen atoms in total. The third-order valence-electron chi connectivity index (χ3n) is 5.56. The Kier molecular flexibility index (Phi) is 6.49. The van der Waals surface area contributed by atoms with Gasteiger partial charge in [-0.25, -0.2) is 0 Å². The van der Waals surface area contributed by atoms with Crippen LogP contribution in [0.4, 0.5) is 0 Å². The van der Waals surface area contributed by atoms with Crippen LogP contribution < -0.4 is 10.6 Å². The number of nitrogens with zero attached hydrogens (tertiary/aromatic N) is 1. The third-order valence-corrected chi connectivity index (χ3v) is 5.56. The Morgan fingerprint density at radius 2 is 1.90 bits per heavy atom. The zero-order chi connectivity index (χ0) is 15.2. The van der Waals surface area contributed by atoms with E-state index in [4.69, 9.17) is 0 Å². The van der Waals surface area contributed by atoms with Crippen LogP contribution >= 0.6 is 0 Å². The summed E-state index contributed by atoms with van der Waals surface area (Å²) in [5.74, 6) is 1.60. The van der Waals surface area contributed by atoms with Crippen molar-refractivity contribution in [3.8, 4) is 0 Å². The van der Waals surface area contributed by atoms with Gasteiger partial charge in [0.25, 0.3) is 0 Å². The van der Waals surface area contributed by atoms with E-state index >= 15 is 0 Å². The van der Waals surface area contributed by atoms with Crippen LogP contribution in [-0.2, 0) is 4.79 Å². The third kappa shape index (κ3) is 4.43. The van der Waals surface area contributed by atoms with E-state index < -0.39 is 0 Å². The SMILES string of the molecule is CCN(CC)CC1CCCCC1NC(=O)C(C)C1CNC1. The number of carbonyl (C=O) groups excluding carboxylic acids is 1. The Balaban J connectivity index is 1.87. The van der Waals surface area contributed by atoms with Gasteiger partial charge in [0.2, 0.25) is 5.91 Å². The van der Waals surface area contributed by atoms with Crippen LogP contribution in [-0.4, -0.2) is 49.6 Å². The van der Waals surface area contributed by atoms with Gasteiger partial charge in [-0.15, -0.1) is 0 Å². The number of hydrogen-bond acceptors (Lipinski definition) is 3. The molecule has 2 N–H and O–H groups in total. The minimum Gasteiger partial charge on any atom is -0.353 e. The lowest BCUT2D eigenvalue weighted by atomic mass is 9.82. The molecule has 2 fully saturated rings. The minimum absolute atomic E-state index is 0.155. The standard InChI is InChI=1S/C17H33N3O/c1-4-20(5-2)12-14-8-6-7-9-16(14)19-17(21)13(3)15-10-18-11-15/h13-16,18H,4-12H2,1-3H3,(H,19,21). The van der Waals surface area contributed by atoms with Gasteiger partial charge < -0.3 is 15.5 Å². The van der Waals surface area contributed by atoms with Crippen LogP contribution in [0.5, 0.6) is 0 Å². The largest absolute Gasteiger partial charge is 0.353 e. The Morgan fingerprint density at radius 1 is 1.24 bits per heavy atom. The number of nitrogens with one attached hydrogen (secondary N) is 2. The molecular formula is C17H33N3O. The summed E-state index contributed by atoms with van der Waals surface area (Å²) >= 11 is 0. The van der Waals surface area contributed by atoms with Crippen LogP contribution in [0.3, 0.4) is 0 Å². The predicted octanol–water partition coefficient (Wildman–Crippen LogP) is 1.86. The molecule has 0 aromatic heterocycles. The Morgan fingerprint density at radius 3 is 2.48 bits per heavy atom. The predicted molar refractivity (Wildman–Crippen MR) is 87.2 cm³/mol. The highest BCUT2D eigenvalue weighted by atomic mass is 16.2. The van der Waals surface area contributed by atoms with Crippen molar-refractivity contribution in [1.29, 1.82) is 0 Å². The van der Waals surface area contributed by atoms with Crippen molar-refractivity contribution in [2.75, 3.05) is 32.7 Å². The first kappa shape index (κ1) is 16.8. The molecule has 1 amide bonds. The normalized spacial score (nSPS) is 28.2. The van der Waals surface area contributed by atoms with E-state index in [0.29, 0.717) is 17.9 Å². The van der Waals surface area contributed by atoms with E-state index in [2.05, 4.69) is 36.3 Å². The summed E-state index contributed by atoms with van der Waals surface area (Å²) in [6.07, 6.45) is 5.01. The highest BCUT2D eigenvalue weighted by Crippen LogP contribution is 2.26. The molecule has 1 saturated heterocycles. The van der Waals surface area contributed by atoms with Crippen molar-refractivity contribution in [3.05, 3.63) is 0 Å². The van der Waals surface area contributed by atoms with Crippen LogP contribution in [0.1, 0.15) is 46.5 Å². The second-order valence-electron chi connectivity index (χ2n) is 6.85. The molecule has 1 aliphatic carbocycles. The van der Waals surface area contributed by atoms with Crippen molar-refractivity contribution in [3.63, 3.8) is 0 Å². The van der Waals surface area contributed by atoms with E-state index in [1.165, 1.54) is 19.3 Å². The van der Waals surface area contributed by atoms with Crippen LogP contribution in [0.25, 0.3) is 0 Å². The molecule has 21 heavy (non-hydrogen) atoms. The number of hydrogen-bond donors (Lipinski definition) is 2. The maximum Gasteiger partial charge on any atom is 0.223 e. The second kappa shape index (κ2) is 8.14. The molecule has 2 rings (SSSR count). The smallest absolute Gasteiger partial charge is 0.223 e. The average Bonchev–Trinajstić information content (AvgIpc) is 2.44. The van der Waals surface area contributed by atoms with Crippen LogP contribution in [0, 0.1) is 17.8 Å². The molecule has 122 valence electrons. The van der Waals surface area contributed by atoms with Crippen molar-refractivity contribution < 1.29 is 4.79 Å². The highest BCUT2D eigenvalue weighted by molar-refractivity contribution is 5.79. The molecule has 3 atom stereocenters. The molecule has 0 radical (unpaired) electrons. The molecule has 3 unspecified atom stereocenters. The monoisotopic (exact) mass is 295 g/mol. The second-order valence-corrected chi connectivity index (χ2v) is 6.85. The molecule has 1 saturated carbocycles. The summed E-state index contributed by atoms with van der Waals surface area (Å²) in [6.45, 7) is 11.9. The summed E-state index contributed by atoms with van der Waals surface area (Å²) in [5.41, 5.74) is 0. The molecular weight excluding hydrogens is 262 g/mol. The van der Waals surface area contributed by atoms with Gasteiger partial charge in [0, 0.05) is 18.5 Å². The molecule has 2 aliphatic rings. The van der Waals surface area contributed by atoms with E-state index in [9.17, 15) is 4.79 Å². The summed E-state index contributed by atoms with van der Waals surface area (Å²) in [5, 5.41) is 6.64. The van der Waals surface area contributed by atoms with Gasteiger partial charge in [-0.05, 0) is 50.9 Å². The van der Waals surface area contributed by atoms with Crippen molar-refractivity contribution >= 4 is 5.91 Å². The van der Waals surface area contributed by atoms with Crippen molar-refractivity contribution in [2.45, 2.75) is 52.5 Å². The van der Waals surface area contributed by atoms with Crippen LogP contribution in [0.2, 0.25) is 0 Å². The van der Waals surface area contributed by atoms with E-state index in [1.807, 2.05) is 0 Å². The van der Waals surface area contributed by atoms with Gasteiger partial charge in [-0.1, -0.05) is 33.6 Å². The first-order chi connectivity index (χ1) is 10.2. The summed E-state index contributed by atoms with van der Waals surface area (Å²) in [4.78, 5) is 15.0. The first-order valence-corrected chi connectivity index (χ1v) is 8.89.